The van der Waals surface area contributed by atoms with Crippen LogP contribution in [0.5, 0.6) is 0 Å². The molecule has 2 rings (SSSR count). The Kier molecular flexibility index (Phi) is 4.96. The molecule has 1 fully saturated rings. The van der Waals surface area contributed by atoms with Crippen LogP contribution >= 0.6 is 11.3 Å². The molecule has 1 saturated heterocycles. The highest BCUT2D eigenvalue weighted by Gasteiger charge is 2.26. The Hall–Kier alpha value is -1.17. The molecule has 0 saturated carbocycles. The van der Waals surface area contributed by atoms with Crippen LogP contribution in [0.4, 0.5) is 0 Å². The van der Waals surface area contributed by atoms with Gasteiger partial charge in [-0.15, -0.1) is 11.3 Å². The largest absolute Gasteiger partial charge is 0.478 e. The number of thiophene rings is 1. The van der Waals surface area contributed by atoms with Gasteiger partial charge >= 0.3 is 5.97 Å². The Bertz CT molecular complexity index is 486. The van der Waals surface area contributed by atoms with Crippen LogP contribution in [0.1, 0.15) is 23.6 Å². The van der Waals surface area contributed by atoms with Gasteiger partial charge in [-0.25, -0.2) is 4.79 Å². The summed E-state index contributed by atoms with van der Waals surface area (Å²) >= 11 is 1.67. The van der Waals surface area contributed by atoms with Crippen molar-refractivity contribution in [3.8, 4) is 0 Å². The van der Waals surface area contributed by atoms with E-state index in [1.165, 1.54) is 11.0 Å². The second-order valence-electron chi connectivity index (χ2n) is 5.53. The lowest BCUT2D eigenvalue weighted by Gasteiger charge is -2.42. The van der Waals surface area contributed by atoms with Gasteiger partial charge in [0.1, 0.15) is 0 Å². The predicted octanol–water partition coefficient (Wildman–Crippen LogP) is 2.37. The average Bonchev–Trinajstić information content (AvgIpc) is 2.81. The van der Waals surface area contributed by atoms with Crippen molar-refractivity contribution < 1.29 is 9.90 Å². The van der Waals surface area contributed by atoms with Crippen molar-refractivity contribution in [2.75, 3.05) is 20.1 Å². The first-order valence-corrected chi connectivity index (χ1v) is 7.71. The third-order valence-corrected chi connectivity index (χ3v) is 4.92. The number of likely N-dealkylation sites (N-methyl/N-ethyl adjacent to an activating group) is 1. The molecule has 1 aromatic heterocycles. The van der Waals surface area contributed by atoms with Crippen LogP contribution in [0.15, 0.2) is 18.2 Å². The Morgan fingerprint density at radius 3 is 2.65 bits per heavy atom. The van der Waals surface area contributed by atoms with Gasteiger partial charge in [0.05, 0.1) is 0 Å². The maximum Gasteiger partial charge on any atom is 0.328 e. The lowest BCUT2D eigenvalue weighted by molar-refractivity contribution is -0.131. The van der Waals surface area contributed by atoms with E-state index in [-0.39, 0.29) is 0 Å². The molecule has 2 unspecified atom stereocenters. The fraction of sp³-hybridized carbons (Fsp3) is 0.533. The van der Waals surface area contributed by atoms with Crippen molar-refractivity contribution in [1.82, 2.24) is 9.80 Å². The van der Waals surface area contributed by atoms with Gasteiger partial charge in [0, 0.05) is 47.5 Å². The molecule has 0 amide bonds. The van der Waals surface area contributed by atoms with E-state index in [1.54, 1.807) is 17.4 Å². The first kappa shape index (κ1) is 15.2. The van der Waals surface area contributed by atoms with Crippen molar-refractivity contribution in [1.29, 1.82) is 0 Å². The lowest BCUT2D eigenvalue weighted by atomic mass is 10.1. The first-order valence-electron chi connectivity index (χ1n) is 6.89. The van der Waals surface area contributed by atoms with E-state index in [0.29, 0.717) is 12.1 Å². The topological polar surface area (TPSA) is 43.8 Å². The maximum atomic E-state index is 10.5. The summed E-state index contributed by atoms with van der Waals surface area (Å²) in [5.74, 6) is -0.901. The van der Waals surface area contributed by atoms with E-state index in [1.807, 2.05) is 6.07 Å². The summed E-state index contributed by atoms with van der Waals surface area (Å²) < 4.78 is 0. The first-order chi connectivity index (χ1) is 9.45. The molecular formula is C15H22N2O2S. The molecule has 1 aromatic rings. The minimum Gasteiger partial charge on any atom is -0.478 e. The SMILES string of the molecule is CC1CN(Cc2ccc(/C=C/C(=O)O)s2)CC(C)N1C. The number of hydrogen-bond acceptors (Lipinski definition) is 4. The van der Waals surface area contributed by atoms with Crippen molar-refractivity contribution in [3.63, 3.8) is 0 Å². The maximum absolute atomic E-state index is 10.5. The summed E-state index contributed by atoms with van der Waals surface area (Å²) in [6.45, 7) is 7.64. The molecule has 4 nitrogen and oxygen atoms in total. The Balaban J connectivity index is 1.95. The van der Waals surface area contributed by atoms with Crippen LogP contribution in [0.2, 0.25) is 0 Å². The molecule has 110 valence electrons. The molecule has 1 aliphatic rings. The average molecular weight is 294 g/mol. The van der Waals surface area contributed by atoms with E-state index >= 15 is 0 Å². The van der Waals surface area contributed by atoms with Crippen molar-refractivity contribution >= 4 is 23.4 Å². The number of carboxylic acids is 1. The molecule has 2 atom stereocenters. The number of carboxylic acid groups (broad SMARTS) is 1. The molecule has 0 aliphatic carbocycles. The summed E-state index contributed by atoms with van der Waals surface area (Å²) in [5.41, 5.74) is 0. The second-order valence-corrected chi connectivity index (χ2v) is 6.73. The van der Waals surface area contributed by atoms with E-state index in [9.17, 15) is 4.79 Å². The molecule has 2 heterocycles. The molecule has 0 bridgehead atoms. The Morgan fingerprint density at radius 2 is 2.05 bits per heavy atom. The van der Waals surface area contributed by atoms with Gasteiger partial charge in [-0.1, -0.05) is 0 Å². The van der Waals surface area contributed by atoms with Crippen LogP contribution in [-0.4, -0.2) is 53.1 Å². The van der Waals surface area contributed by atoms with Crippen molar-refractivity contribution in [2.24, 2.45) is 0 Å². The van der Waals surface area contributed by atoms with Gasteiger partial charge in [-0.3, -0.25) is 9.80 Å². The minimum absolute atomic E-state index is 0.574. The number of piperazine rings is 1. The van der Waals surface area contributed by atoms with Crippen LogP contribution in [0.25, 0.3) is 6.08 Å². The number of rotatable bonds is 4. The zero-order chi connectivity index (χ0) is 14.7. The van der Waals surface area contributed by atoms with Gasteiger partial charge in [-0.2, -0.15) is 0 Å². The fourth-order valence-corrected chi connectivity index (χ4v) is 3.54. The van der Waals surface area contributed by atoms with Gasteiger partial charge < -0.3 is 5.11 Å². The van der Waals surface area contributed by atoms with Crippen LogP contribution in [0, 0.1) is 0 Å². The molecule has 5 heteroatoms. The third-order valence-electron chi connectivity index (χ3n) is 3.89. The van der Waals surface area contributed by atoms with E-state index in [0.717, 1.165) is 24.5 Å². The summed E-state index contributed by atoms with van der Waals surface area (Å²) in [7, 11) is 2.19. The van der Waals surface area contributed by atoms with E-state index < -0.39 is 5.97 Å². The summed E-state index contributed by atoms with van der Waals surface area (Å²) in [5, 5.41) is 8.63. The van der Waals surface area contributed by atoms with Crippen LogP contribution < -0.4 is 0 Å². The van der Waals surface area contributed by atoms with Crippen molar-refractivity contribution in [2.45, 2.75) is 32.5 Å². The number of nitrogens with zero attached hydrogens (tertiary/aromatic N) is 2. The number of hydrogen-bond donors (Lipinski definition) is 1. The van der Waals surface area contributed by atoms with Crippen LogP contribution in [-0.2, 0) is 11.3 Å². The number of carbonyl (C=O) groups is 1. The predicted molar refractivity (Wildman–Crippen MR) is 83.0 cm³/mol. The third kappa shape index (κ3) is 3.91. The molecule has 1 aliphatic heterocycles. The summed E-state index contributed by atoms with van der Waals surface area (Å²) in [6.07, 6.45) is 2.85. The van der Waals surface area contributed by atoms with E-state index in [2.05, 4.69) is 36.8 Å². The molecule has 0 radical (unpaired) electrons. The smallest absolute Gasteiger partial charge is 0.328 e. The Morgan fingerprint density at radius 1 is 1.40 bits per heavy atom. The van der Waals surface area contributed by atoms with Crippen molar-refractivity contribution in [3.05, 3.63) is 28.0 Å². The molecule has 20 heavy (non-hydrogen) atoms. The van der Waals surface area contributed by atoms with Gasteiger partial charge in [0.2, 0.25) is 0 Å². The highest BCUT2D eigenvalue weighted by Crippen LogP contribution is 2.22. The quantitative estimate of drug-likeness (QED) is 0.866. The summed E-state index contributed by atoms with van der Waals surface area (Å²) in [6, 6.07) is 5.23. The Labute approximate surface area is 124 Å². The summed E-state index contributed by atoms with van der Waals surface area (Å²) in [4.78, 5) is 17.7. The molecule has 1 N–H and O–H groups in total. The van der Waals surface area contributed by atoms with Gasteiger partial charge in [0.25, 0.3) is 0 Å². The van der Waals surface area contributed by atoms with Gasteiger partial charge in [-0.05, 0) is 39.1 Å². The normalized spacial score (nSPS) is 25.4. The molecular weight excluding hydrogens is 272 g/mol. The molecule has 0 spiro atoms. The second kappa shape index (κ2) is 6.52. The standard InChI is InChI=1S/C15H22N2O2S/c1-11-8-17(9-12(2)16(11)3)10-14-5-4-13(20-14)6-7-15(18)19/h4-7,11-12H,8-10H2,1-3H3,(H,18,19)/b7-6+. The van der Waals surface area contributed by atoms with Gasteiger partial charge in [0.15, 0.2) is 0 Å². The minimum atomic E-state index is -0.901. The highest BCUT2D eigenvalue weighted by molar-refractivity contribution is 7.12. The lowest BCUT2D eigenvalue weighted by Crippen LogP contribution is -2.54. The van der Waals surface area contributed by atoms with Crippen LogP contribution in [0.3, 0.4) is 0 Å². The zero-order valence-electron chi connectivity index (χ0n) is 12.2. The highest BCUT2D eigenvalue weighted by atomic mass is 32.1. The monoisotopic (exact) mass is 294 g/mol. The van der Waals surface area contributed by atoms with E-state index in [4.69, 9.17) is 5.11 Å². The fourth-order valence-electron chi connectivity index (χ4n) is 2.59. The molecule has 0 aromatic carbocycles. The number of aliphatic carboxylic acids is 1. The zero-order valence-corrected chi connectivity index (χ0v) is 13.1.